The number of rotatable bonds is 11. The van der Waals surface area contributed by atoms with Crippen LogP contribution in [0.4, 0.5) is 28.4 Å². The van der Waals surface area contributed by atoms with E-state index >= 15 is 0 Å². The van der Waals surface area contributed by atoms with Gasteiger partial charge in [-0.1, -0.05) is 163 Å². The van der Waals surface area contributed by atoms with E-state index in [0.29, 0.717) is 0 Å². The van der Waals surface area contributed by atoms with E-state index in [0.717, 1.165) is 34.0 Å². The van der Waals surface area contributed by atoms with Crippen LogP contribution in [-0.4, -0.2) is 8.07 Å². The molecular formula is C46H38N2Si. The molecule has 7 aromatic rings. The van der Waals surface area contributed by atoms with Crippen molar-refractivity contribution in [3.8, 4) is 0 Å². The lowest BCUT2D eigenvalue weighted by Gasteiger charge is -2.29. The van der Waals surface area contributed by atoms with Crippen LogP contribution in [-0.2, 0) is 0 Å². The molecular weight excluding hydrogens is 609 g/mol. The molecule has 3 heteroatoms. The van der Waals surface area contributed by atoms with Crippen LogP contribution < -0.4 is 20.2 Å². The third-order valence-electron chi connectivity index (χ3n) is 8.78. The van der Waals surface area contributed by atoms with E-state index in [-0.39, 0.29) is 0 Å². The van der Waals surface area contributed by atoms with E-state index in [1.165, 1.54) is 10.4 Å². The zero-order valence-electron chi connectivity index (χ0n) is 27.3. The van der Waals surface area contributed by atoms with Gasteiger partial charge < -0.3 is 9.80 Å². The van der Waals surface area contributed by atoms with Gasteiger partial charge in [0.05, 0.1) is 0 Å². The molecule has 0 aliphatic heterocycles. The van der Waals surface area contributed by atoms with Crippen molar-refractivity contribution >= 4 is 53.0 Å². The first-order valence-corrected chi connectivity index (χ1v) is 18.8. The van der Waals surface area contributed by atoms with Gasteiger partial charge >= 0.3 is 0 Å². The maximum atomic E-state index is 2.48. The van der Waals surface area contributed by atoms with Crippen molar-refractivity contribution in [3.63, 3.8) is 0 Å². The Morgan fingerprint density at radius 3 is 1.08 bits per heavy atom. The molecule has 0 aliphatic rings. The van der Waals surface area contributed by atoms with Gasteiger partial charge in [0.25, 0.3) is 0 Å². The molecule has 7 aromatic carbocycles. The predicted molar refractivity (Wildman–Crippen MR) is 212 cm³/mol. The molecule has 0 spiro atoms. The zero-order valence-corrected chi connectivity index (χ0v) is 28.3. The summed E-state index contributed by atoms with van der Waals surface area (Å²) in [6.07, 6.45) is 4.59. The Morgan fingerprint density at radius 1 is 0.327 bits per heavy atom. The molecule has 0 N–H and O–H groups in total. The lowest BCUT2D eigenvalue weighted by Crippen LogP contribution is -2.56. The van der Waals surface area contributed by atoms with Gasteiger partial charge in [0.15, 0.2) is 8.07 Å². The van der Waals surface area contributed by atoms with Crippen LogP contribution in [0.2, 0.25) is 0 Å². The van der Waals surface area contributed by atoms with E-state index in [9.17, 15) is 0 Å². The summed E-state index contributed by atoms with van der Waals surface area (Å²) in [6.45, 7) is 0. The van der Waals surface area contributed by atoms with E-state index in [1.54, 1.807) is 0 Å². The minimum Gasteiger partial charge on any atom is -0.318 e. The molecule has 2 nitrogen and oxygen atoms in total. The summed E-state index contributed by atoms with van der Waals surface area (Å²) < 4.78 is 0. The van der Waals surface area contributed by atoms with Gasteiger partial charge in [-0.3, -0.25) is 0 Å². The van der Waals surface area contributed by atoms with E-state index < -0.39 is 8.07 Å². The fraction of sp³-hybridized carbons (Fsp3) is 0. The van der Waals surface area contributed by atoms with Gasteiger partial charge in [0.2, 0.25) is 0 Å². The number of hydrogen-bond donors (Lipinski definition) is 0. The molecule has 0 bridgehead atoms. The molecule has 236 valence electrons. The lowest BCUT2D eigenvalue weighted by atomic mass is 10.1. The van der Waals surface area contributed by atoms with Crippen LogP contribution in [0.1, 0.15) is 5.56 Å². The van der Waals surface area contributed by atoms with Crippen molar-refractivity contribution in [2.24, 2.45) is 0 Å². The van der Waals surface area contributed by atoms with Gasteiger partial charge in [0, 0.05) is 34.6 Å². The minimum absolute atomic E-state index is 1.12. The molecule has 0 fully saturated rings. The van der Waals surface area contributed by atoms with Gasteiger partial charge in [-0.15, -0.1) is 0 Å². The summed E-state index contributed by atoms with van der Waals surface area (Å²) in [5, 5.41) is 2.65. The molecule has 0 aromatic heterocycles. The fourth-order valence-electron chi connectivity index (χ4n) is 6.29. The van der Waals surface area contributed by atoms with Crippen LogP contribution >= 0.6 is 0 Å². The van der Waals surface area contributed by atoms with Crippen molar-refractivity contribution in [2.75, 3.05) is 9.80 Å². The van der Waals surface area contributed by atoms with E-state index in [2.05, 4.69) is 240 Å². The van der Waals surface area contributed by atoms with Gasteiger partial charge in [-0.05, 0) is 76.6 Å². The second-order valence-electron chi connectivity index (χ2n) is 11.9. The minimum atomic E-state index is -2.61. The molecule has 0 saturated carbocycles. The van der Waals surface area contributed by atoms with Crippen LogP contribution in [0.15, 0.2) is 224 Å². The van der Waals surface area contributed by atoms with Crippen molar-refractivity contribution in [1.29, 1.82) is 0 Å². The molecule has 0 saturated heterocycles. The fourth-order valence-corrected chi connectivity index (χ4v) is 9.83. The Morgan fingerprint density at radius 2 is 0.673 bits per heavy atom. The first kappa shape index (κ1) is 31.4. The van der Waals surface area contributed by atoms with Crippen molar-refractivity contribution in [2.45, 2.75) is 0 Å². The summed E-state index contributed by atoms with van der Waals surface area (Å²) in [5.41, 5.74) is 11.7. The average molecular weight is 647 g/mol. The number of para-hydroxylation sites is 4. The molecule has 49 heavy (non-hydrogen) atoms. The smallest absolute Gasteiger partial charge is 0.166 e. The van der Waals surface area contributed by atoms with Crippen molar-refractivity contribution < 1.29 is 0 Å². The molecule has 0 atom stereocenters. The SMILES string of the molecule is C(=C\[Si](/C=C/N(c1ccccc1)c1ccccc1)(c1ccccc1)c1ccccc1)/c1ccc(N(c2ccccc2)c2ccccc2)cc1. The monoisotopic (exact) mass is 646 g/mol. The maximum absolute atomic E-state index is 2.61. The molecule has 0 heterocycles. The summed E-state index contributed by atoms with van der Waals surface area (Å²) in [4.78, 5) is 4.59. The highest BCUT2D eigenvalue weighted by atomic mass is 28.3. The Hall–Kier alpha value is -6.16. The predicted octanol–water partition coefficient (Wildman–Crippen LogP) is 10.9. The second kappa shape index (κ2) is 15.2. The normalized spacial score (nSPS) is 11.5. The summed E-state index contributed by atoms with van der Waals surface area (Å²) in [5.74, 6) is 0. The number of anilines is 5. The van der Waals surface area contributed by atoms with Crippen LogP contribution in [0.5, 0.6) is 0 Å². The maximum Gasteiger partial charge on any atom is 0.166 e. The highest BCUT2D eigenvalue weighted by Gasteiger charge is 2.32. The number of nitrogens with zero attached hydrogens (tertiary/aromatic N) is 2. The highest BCUT2D eigenvalue weighted by Crippen LogP contribution is 2.34. The zero-order chi connectivity index (χ0) is 33.1. The van der Waals surface area contributed by atoms with E-state index in [4.69, 9.17) is 0 Å². The van der Waals surface area contributed by atoms with Crippen molar-refractivity contribution in [1.82, 2.24) is 0 Å². The Balaban J connectivity index is 1.32. The third kappa shape index (κ3) is 7.23. The lowest BCUT2D eigenvalue weighted by molar-refractivity contribution is 1.28. The van der Waals surface area contributed by atoms with Crippen LogP contribution in [0, 0.1) is 0 Å². The number of hydrogen-bond acceptors (Lipinski definition) is 2. The van der Waals surface area contributed by atoms with Gasteiger partial charge in [0.1, 0.15) is 0 Å². The molecule has 7 rings (SSSR count). The topological polar surface area (TPSA) is 6.48 Å². The summed E-state index contributed by atoms with van der Waals surface area (Å²) in [6, 6.07) is 73.1. The summed E-state index contributed by atoms with van der Waals surface area (Å²) in [7, 11) is -2.61. The average Bonchev–Trinajstić information content (AvgIpc) is 3.19. The molecule has 0 unspecified atom stereocenters. The largest absolute Gasteiger partial charge is 0.318 e. The Labute approximate surface area is 291 Å². The molecule has 0 aliphatic carbocycles. The van der Waals surface area contributed by atoms with Gasteiger partial charge in [-0.25, -0.2) is 0 Å². The quantitative estimate of drug-likeness (QED) is 0.129. The molecule has 0 radical (unpaired) electrons. The van der Waals surface area contributed by atoms with Crippen LogP contribution in [0.3, 0.4) is 0 Å². The first-order chi connectivity index (χ1) is 24.3. The Bertz CT molecular complexity index is 1960. The first-order valence-electron chi connectivity index (χ1n) is 16.7. The molecule has 0 amide bonds. The standard InChI is InChI=1S/C46H38N2Si/c1-7-19-40(20-8-1)47(41-21-9-2-10-22-41)36-38-49(45-27-15-5-16-28-45,46-29-17-6-18-30-46)37-35-39-31-33-44(34-32-39)48(42-23-11-3-12-24-42)43-25-13-4-14-26-43/h1-38H/b37-35+,38-36+. The Kier molecular flexibility index (Phi) is 9.73. The number of benzene rings is 7. The van der Waals surface area contributed by atoms with Crippen LogP contribution in [0.25, 0.3) is 6.08 Å². The van der Waals surface area contributed by atoms with Gasteiger partial charge in [-0.2, -0.15) is 0 Å². The summed E-state index contributed by atoms with van der Waals surface area (Å²) >= 11 is 0. The third-order valence-corrected chi connectivity index (χ3v) is 12.7. The van der Waals surface area contributed by atoms with E-state index in [1.807, 2.05) is 0 Å². The van der Waals surface area contributed by atoms with Crippen molar-refractivity contribution in [3.05, 3.63) is 229 Å². The highest BCUT2D eigenvalue weighted by molar-refractivity contribution is 7.09. The second-order valence-corrected chi connectivity index (χ2v) is 15.4.